The molecule has 0 amide bonds. The smallest absolute Gasteiger partial charge is 0.0485 e. The summed E-state index contributed by atoms with van der Waals surface area (Å²) in [5.74, 6) is 2.17. The van der Waals surface area contributed by atoms with Crippen LogP contribution in [0.4, 0.5) is 0 Å². The summed E-state index contributed by atoms with van der Waals surface area (Å²) < 4.78 is 11.1. The van der Waals surface area contributed by atoms with Crippen molar-refractivity contribution in [2.24, 2.45) is 0 Å². The zero-order valence-electron chi connectivity index (χ0n) is 9.16. The molecule has 0 fully saturated rings. The maximum Gasteiger partial charge on any atom is 0.0485 e. The van der Waals surface area contributed by atoms with E-state index in [1.165, 1.54) is 0 Å². The maximum absolute atomic E-state index is 5.53. The first-order valence-electron chi connectivity index (χ1n) is 4.59. The fraction of sp³-hybridized carbons (Fsp3) is 0.875. The molecule has 0 radical (unpaired) electrons. The van der Waals surface area contributed by atoms with Gasteiger partial charge in [0, 0.05) is 19.7 Å². The minimum atomic E-state index is -2.07. The van der Waals surface area contributed by atoms with Gasteiger partial charge in [-0.25, -0.2) is 5.79 Å². The van der Waals surface area contributed by atoms with Gasteiger partial charge in [0.25, 0.3) is 0 Å². The fourth-order valence-corrected chi connectivity index (χ4v) is 9.61. The van der Waals surface area contributed by atoms with Crippen molar-refractivity contribution >= 4 is 26.4 Å². The monoisotopic (exact) mass is 239 g/mol. The number of hydrogen-bond donors (Lipinski definition) is 0. The quantitative estimate of drug-likeness (QED) is 0.402. The fourth-order valence-electron chi connectivity index (χ4n) is 0.946. The third kappa shape index (κ3) is 6.80. The third-order valence-electron chi connectivity index (χ3n) is 1.16. The van der Waals surface area contributed by atoms with Gasteiger partial charge in [-0.3, -0.25) is 0 Å². The second kappa shape index (κ2) is 5.62. The highest BCUT2D eigenvalue weighted by molar-refractivity contribution is 8.11. The Balaban J connectivity index is 4.33. The first-order valence-corrected chi connectivity index (χ1v) is 10.9. The molecule has 0 aromatic rings. The van der Waals surface area contributed by atoms with E-state index in [1.807, 2.05) is 13.8 Å². The highest BCUT2D eigenvalue weighted by atomic mass is 32.5. The second-order valence-corrected chi connectivity index (χ2v) is 12.8. The topological polar surface area (TPSA) is 18.5 Å². The molecule has 2 nitrogen and oxygen atoms in total. The van der Waals surface area contributed by atoms with Crippen molar-refractivity contribution in [2.75, 3.05) is 13.2 Å². The molecule has 0 bridgehead atoms. The molecule has 80 valence electrons. The third-order valence-corrected chi connectivity index (χ3v) is 8.34. The molecule has 0 aromatic heterocycles. The van der Waals surface area contributed by atoms with Gasteiger partial charge in [-0.05, 0) is 13.8 Å². The Bertz CT molecular complexity index is 181. The predicted octanol–water partition coefficient (Wildman–Crippen LogP) is 3.41. The Kier molecular flexibility index (Phi) is 5.96. The number of rotatable bonds is 6. The first-order chi connectivity index (χ1) is 5.83. The van der Waals surface area contributed by atoms with Gasteiger partial charge < -0.3 is 9.05 Å². The summed E-state index contributed by atoms with van der Waals surface area (Å²) in [5.41, 5.74) is 0. The molecule has 0 aliphatic carbocycles. The van der Waals surface area contributed by atoms with E-state index in [2.05, 4.69) is 25.4 Å². The highest BCUT2D eigenvalue weighted by Crippen LogP contribution is 2.53. The molecule has 0 spiro atoms. The lowest BCUT2D eigenvalue weighted by atomic mass is 10.9. The van der Waals surface area contributed by atoms with Crippen molar-refractivity contribution in [3.8, 4) is 0 Å². The maximum atomic E-state index is 5.53. The van der Waals surface area contributed by atoms with E-state index in [-0.39, 0.29) is 0 Å². The van der Waals surface area contributed by atoms with Gasteiger partial charge in [0.05, 0.1) is 0 Å². The van der Waals surface area contributed by atoms with Gasteiger partial charge in [-0.1, -0.05) is 39.5 Å². The van der Waals surface area contributed by atoms with E-state index < -0.39 is 14.6 Å². The van der Waals surface area contributed by atoms with Crippen LogP contribution in [0.3, 0.4) is 0 Å². The summed E-state index contributed by atoms with van der Waals surface area (Å²) in [6.07, 6.45) is 0. The Morgan fingerprint density at radius 2 is 1.54 bits per heavy atom. The second-order valence-electron chi connectivity index (χ2n) is 3.87. The largest absolute Gasteiger partial charge is 0.355 e. The first kappa shape index (κ1) is 13.8. The molecule has 13 heavy (non-hydrogen) atoms. The lowest BCUT2D eigenvalue weighted by Crippen LogP contribution is -2.22. The molecule has 0 saturated carbocycles. The van der Waals surface area contributed by atoms with Crippen LogP contribution in [-0.4, -0.2) is 21.3 Å². The average molecular weight is 239 g/mol. The predicted molar refractivity (Wildman–Crippen MR) is 65.2 cm³/mol. The Morgan fingerprint density at radius 3 is 1.77 bits per heavy atom. The van der Waals surface area contributed by atoms with E-state index >= 15 is 0 Å². The minimum Gasteiger partial charge on any atom is -0.355 e. The van der Waals surface area contributed by atoms with Gasteiger partial charge in [0.2, 0.25) is 0 Å². The molecule has 0 atom stereocenters. The molecule has 0 unspecified atom stereocenters. The zero-order valence-corrected chi connectivity index (χ0v) is 11.9. The molecule has 0 aromatic carbocycles. The van der Waals surface area contributed by atoms with E-state index in [0.29, 0.717) is 13.2 Å². The van der Waals surface area contributed by atoms with Gasteiger partial charge in [-0.2, -0.15) is 0 Å². The van der Waals surface area contributed by atoms with Gasteiger partial charge in [-0.15, -0.1) is 0 Å². The molecule has 0 aliphatic rings. The summed E-state index contributed by atoms with van der Waals surface area (Å²) in [4.78, 5) is 0. The standard InChI is InChI=1S/C8H20O2PSSi/c1-6-9-11(12,10-7-2)8-13(3,4)5/h8H,6-7H2,1-5H3/q-1. The van der Waals surface area contributed by atoms with Crippen molar-refractivity contribution in [1.82, 2.24) is 0 Å². The summed E-state index contributed by atoms with van der Waals surface area (Å²) in [5, 5.41) is 0. The molecule has 0 rings (SSSR count). The summed E-state index contributed by atoms with van der Waals surface area (Å²) in [6.45, 7) is 9.84. The van der Waals surface area contributed by atoms with Crippen LogP contribution in [0, 0.1) is 5.79 Å². The normalized spacial score (nSPS) is 13.3. The van der Waals surface area contributed by atoms with Crippen LogP contribution in [0.15, 0.2) is 0 Å². The van der Waals surface area contributed by atoms with Crippen LogP contribution in [-0.2, 0) is 20.9 Å². The lowest BCUT2D eigenvalue weighted by Gasteiger charge is -2.38. The van der Waals surface area contributed by atoms with Crippen molar-refractivity contribution in [3.05, 3.63) is 5.79 Å². The van der Waals surface area contributed by atoms with E-state index in [1.54, 1.807) is 0 Å². The van der Waals surface area contributed by atoms with E-state index in [0.717, 1.165) is 0 Å². The molecule has 0 saturated heterocycles. The molecular weight excluding hydrogens is 219 g/mol. The highest BCUT2D eigenvalue weighted by Gasteiger charge is 2.14. The van der Waals surface area contributed by atoms with Crippen LogP contribution >= 0.6 is 6.49 Å². The van der Waals surface area contributed by atoms with Crippen molar-refractivity contribution < 1.29 is 9.05 Å². The zero-order chi connectivity index (χ0) is 10.5. The summed E-state index contributed by atoms with van der Waals surface area (Å²) >= 11 is 5.39. The number of hydrogen-bond acceptors (Lipinski definition) is 3. The van der Waals surface area contributed by atoms with Gasteiger partial charge in [0.1, 0.15) is 0 Å². The van der Waals surface area contributed by atoms with E-state index in [4.69, 9.17) is 20.9 Å². The van der Waals surface area contributed by atoms with Crippen molar-refractivity contribution in [2.45, 2.75) is 33.5 Å². The Hall–Kier alpha value is 0.787. The molecule has 0 N–H and O–H groups in total. The lowest BCUT2D eigenvalue weighted by molar-refractivity contribution is 0.272. The Labute approximate surface area is 88.2 Å². The summed E-state index contributed by atoms with van der Waals surface area (Å²) in [7, 11) is -1.30. The molecular formula is C8H20O2PSSi-. The van der Waals surface area contributed by atoms with Crippen LogP contribution in [0.5, 0.6) is 0 Å². The van der Waals surface area contributed by atoms with Gasteiger partial charge >= 0.3 is 0 Å². The van der Waals surface area contributed by atoms with Crippen molar-refractivity contribution in [1.29, 1.82) is 0 Å². The molecule has 0 aliphatic heterocycles. The van der Waals surface area contributed by atoms with Crippen LogP contribution < -0.4 is 0 Å². The van der Waals surface area contributed by atoms with Gasteiger partial charge in [0.15, 0.2) is 0 Å². The summed E-state index contributed by atoms with van der Waals surface area (Å²) in [6, 6.07) is 0. The Morgan fingerprint density at radius 1 is 1.15 bits per heavy atom. The average Bonchev–Trinajstić information content (AvgIpc) is 1.82. The SMILES string of the molecule is CCOP(=S)([CH-][Si](C)(C)C)OCC. The molecule has 0 heterocycles. The van der Waals surface area contributed by atoms with Crippen molar-refractivity contribution in [3.63, 3.8) is 0 Å². The van der Waals surface area contributed by atoms with E-state index in [9.17, 15) is 0 Å². The van der Waals surface area contributed by atoms with Crippen LogP contribution in [0.25, 0.3) is 0 Å². The van der Waals surface area contributed by atoms with Crippen LogP contribution in [0.1, 0.15) is 13.8 Å². The molecule has 5 heteroatoms. The van der Waals surface area contributed by atoms with Crippen LogP contribution in [0.2, 0.25) is 19.6 Å². The minimum absolute atomic E-state index is 0.637.